The van der Waals surface area contributed by atoms with E-state index in [0.29, 0.717) is 32.0 Å². The number of hydrogen-bond donors (Lipinski definition) is 2. The molecular weight excluding hydrogens is 388 g/mol. The number of nitrogens with zero attached hydrogens (tertiary/aromatic N) is 1. The second-order valence-corrected chi connectivity index (χ2v) is 7.64. The van der Waals surface area contributed by atoms with Crippen LogP contribution in [0.15, 0.2) is 48.5 Å². The van der Waals surface area contributed by atoms with Crippen molar-refractivity contribution in [1.29, 1.82) is 0 Å². The van der Waals surface area contributed by atoms with E-state index >= 15 is 0 Å². The molecule has 3 rings (SSSR count). The Bertz CT molecular complexity index is 833. The van der Waals surface area contributed by atoms with Gasteiger partial charge >= 0.3 is 6.03 Å². The van der Waals surface area contributed by atoms with Gasteiger partial charge in [0, 0.05) is 37.8 Å². The van der Waals surface area contributed by atoms with Crippen LogP contribution < -0.4 is 10.6 Å². The topological polar surface area (TPSA) is 61.4 Å². The predicted molar refractivity (Wildman–Crippen MR) is 112 cm³/mol. The molecule has 7 heteroatoms. The van der Waals surface area contributed by atoms with Gasteiger partial charge in [-0.3, -0.25) is 4.79 Å². The van der Waals surface area contributed by atoms with Crippen LogP contribution in [0.1, 0.15) is 31.2 Å². The van der Waals surface area contributed by atoms with Gasteiger partial charge < -0.3 is 15.5 Å². The highest BCUT2D eigenvalue weighted by atomic mass is 19.1. The van der Waals surface area contributed by atoms with E-state index in [1.54, 1.807) is 4.90 Å². The lowest BCUT2D eigenvalue weighted by atomic mass is 9.93. The Morgan fingerprint density at radius 2 is 1.67 bits per heavy atom. The lowest BCUT2D eigenvalue weighted by Gasteiger charge is -2.32. The second-order valence-electron chi connectivity index (χ2n) is 7.64. The minimum atomic E-state index is -0.727. The van der Waals surface area contributed by atoms with Crippen LogP contribution in [-0.4, -0.2) is 36.5 Å². The van der Waals surface area contributed by atoms with Gasteiger partial charge in [0.2, 0.25) is 5.91 Å². The first-order valence-corrected chi connectivity index (χ1v) is 10.3. The van der Waals surface area contributed by atoms with Crippen molar-refractivity contribution in [2.24, 2.45) is 5.92 Å². The number of carbonyl (C=O) groups excluding carboxylic acids is 2. The van der Waals surface area contributed by atoms with Crippen LogP contribution in [0.4, 0.5) is 19.3 Å². The van der Waals surface area contributed by atoms with Crippen molar-refractivity contribution in [2.45, 2.75) is 32.1 Å². The molecule has 2 aromatic rings. The molecule has 1 aliphatic rings. The number of carbonyl (C=O) groups is 2. The summed E-state index contributed by atoms with van der Waals surface area (Å²) in [6, 6.07) is 12.5. The molecule has 0 aromatic heterocycles. The molecule has 1 aliphatic heterocycles. The van der Waals surface area contributed by atoms with Crippen LogP contribution in [0.3, 0.4) is 0 Å². The maximum Gasteiger partial charge on any atom is 0.321 e. The van der Waals surface area contributed by atoms with Crippen LogP contribution in [0.2, 0.25) is 0 Å². The Hall–Kier alpha value is -2.96. The van der Waals surface area contributed by atoms with Gasteiger partial charge in [-0.1, -0.05) is 30.3 Å². The molecule has 0 atom stereocenters. The van der Waals surface area contributed by atoms with Crippen LogP contribution in [0.25, 0.3) is 0 Å². The highest BCUT2D eigenvalue weighted by molar-refractivity contribution is 5.89. The number of benzene rings is 2. The van der Waals surface area contributed by atoms with Gasteiger partial charge in [0.05, 0.1) is 0 Å². The van der Waals surface area contributed by atoms with E-state index in [9.17, 15) is 18.4 Å². The van der Waals surface area contributed by atoms with Gasteiger partial charge in [0.15, 0.2) is 0 Å². The molecule has 0 bridgehead atoms. The van der Waals surface area contributed by atoms with Gasteiger partial charge in [-0.2, -0.15) is 0 Å². The third-order valence-corrected chi connectivity index (χ3v) is 5.37. The summed E-state index contributed by atoms with van der Waals surface area (Å²) >= 11 is 0. The third kappa shape index (κ3) is 6.83. The number of piperidine rings is 1. The van der Waals surface area contributed by atoms with Crippen LogP contribution in [0.5, 0.6) is 0 Å². The highest BCUT2D eigenvalue weighted by Gasteiger charge is 2.23. The first kappa shape index (κ1) is 21.7. The summed E-state index contributed by atoms with van der Waals surface area (Å²) in [6.45, 7) is 1.79. The molecule has 0 aliphatic carbocycles. The van der Waals surface area contributed by atoms with Crippen molar-refractivity contribution in [3.05, 3.63) is 65.7 Å². The van der Waals surface area contributed by atoms with Crippen molar-refractivity contribution < 1.29 is 18.4 Å². The SMILES string of the molecule is O=C(CCc1ccccc1)NCCC1CCN(C(=O)Nc2cc(F)cc(F)c2)CC1. The Morgan fingerprint density at radius 3 is 2.33 bits per heavy atom. The number of halogens is 2. The molecule has 1 heterocycles. The van der Waals surface area contributed by atoms with Crippen molar-refractivity contribution >= 4 is 17.6 Å². The summed E-state index contributed by atoms with van der Waals surface area (Å²) in [6.07, 6.45) is 3.76. The average Bonchev–Trinajstić information content (AvgIpc) is 2.73. The zero-order valence-electron chi connectivity index (χ0n) is 16.9. The zero-order valence-corrected chi connectivity index (χ0v) is 16.9. The summed E-state index contributed by atoms with van der Waals surface area (Å²) in [7, 11) is 0. The van der Waals surface area contributed by atoms with Gasteiger partial charge in [0.1, 0.15) is 11.6 Å². The fourth-order valence-corrected chi connectivity index (χ4v) is 3.66. The van der Waals surface area contributed by atoms with Crippen LogP contribution >= 0.6 is 0 Å². The molecule has 1 saturated heterocycles. The summed E-state index contributed by atoms with van der Waals surface area (Å²) < 4.78 is 26.5. The number of amides is 3. The van der Waals surface area contributed by atoms with E-state index < -0.39 is 11.6 Å². The monoisotopic (exact) mass is 415 g/mol. The van der Waals surface area contributed by atoms with E-state index in [1.807, 2.05) is 30.3 Å². The molecule has 30 heavy (non-hydrogen) atoms. The Balaban J connectivity index is 1.32. The Morgan fingerprint density at radius 1 is 1.00 bits per heavy atom. The largest absolute Gasteiger partial charge is 0.356 e. The molecule has 5 nitrogen and oxygen atoms in total. The summed E-state index contributed by atoms with van der Waals surface area (Å²) in [5, 5.41) is 5.52. The minimum Gasteiger partial charge on any atom is -0.356 e. The van der Waals surface area contributed by atoms with Gasteiger partial charge in [0.25, 0.3) is 0 Å². The fraction of sp³-hybridized carbons (Fsp3) is 0.391. The molecule has 0 radical (unpaired) electrons. The Labute approximate surface area is 175 Å². The van der Waals surface area contributed by atoms with Gasteiger partial charge in [-0.05, 0) is 49.3 Å². The van der Waals surface area contributed by atoms with E-state index in [2.05, 4.69) is 10.6 Å². The normalized spacial score (nSPS) is 14.4. The highest BCUT2D eigenvalue weighted by Crippen LogP contribution is 2.21. The van der Waals surface area contributed by atoms with Crippen molar-refractivity contribution in [3.63, 3.8) is 0 Å². The quantitative estimate of drug-likeness (QED) is 0.706. The molecule has 0 spiro atoms. The van der Waals surface area contributed by atoms with Crippen LogP contribution in [-0.2, 0) is 11.2 Å². The van der Waals surface area contributed by atoms with Crippen molar-refractivity contribution in [1.82, 2.24) is 10.2 Å². The van der Waals surface area contributed by atoms with E-state index in [0.717, 1.165) is 49.4 Å². The second kappa shape index (κ2) is 10.7. The summed E-state index contributed by atoms with van der Waals surface area (Å²) in [5.74, 6) is -0.960. The maximum absolute atomic E-state index is 13.2. The predicted octanol–water partition coefficient (Wildman–Crippen LogP) is 4.35. The molecule has 160 valence electrons. The first-order valence-electron chi connectivity index (χ1n) is 10.3. The number of rotatable bonds is 7. The number of likely N-dealkylation sites (tertiary alicyclic amines) is 1. The molecule has 2 N–H and O–H groups in total. The molecule has 2 aromatic carbocycles. The Kier molecular flexibility index (Phi) is 7.76. The van der Waals surface area contributed by atoms with Crippen molar-refractivity contribution in [3.8, 4) is 0 Å². The van der Waals surface area contributed by atoms with Gasteiger partial charge in [-0.15, -0.1) is 0 Å². The average molecular weight is 415 g/mol. The standard InChI is InChI=1S/C23H27F2N3O2/c24-19-14-20(25)16-21(15-19)27-23(30)28-12-9-18(10-13-28)8-11-26-22(29)7-6-17-4-2-1-3-5-17/h1-5,14-16,18H,6-13H2,(H,26,29)(H,27,30). The van der Waals surface area contributed by atoms with Crippen LogP contribution in [0, 0.1) is 17.6 Å². The van der Waals surface area contributed by atoms with E-state index in [1.165, 1.54) is 0 Å². The maximum atomic E-state index is 13.2. The number of urea groups is 1. The van der Waals surface area contributed by atoms with Crippen molar-refractivity contribution in [2.75, 3.05) is 25.0 Å². The summed E-state index contributed by atoms with van der Waals surface area (Å²) in [5.41, 5.74) is 1.26. The van der Waals surface area contributed by atoms with Gasteiger partial charge in [-0.25, -0.2) is 13.6 Å². The minimum absolute atomic E-state index is 0.0537. The molecule has 1 fully saturated rings. The fourth-order valence-electron chi connectivity index (χ4n) is 3.66. The number of anilines is 1. The number of nitrogens with one attached hydrogen (secondary N) is 2. The molecular formula is C23H27F2N3O2. The lowest BCUT2D eigenvalue weighted by molar-refractivity contribution is -0.121. The van der Waals surface area contributed by atoms with E-state index in [4.69, 9.17) is 0 Å². The molecule has 0 saturated carbocycles. The molecule has 0 unspecified atom stereocenters. The zero-order chi connectivity index (χ0) is 21.3. The lowest BCUT2D eigenvalue weighted by Crippen LogP contribution is -2.41. The smallest absolute Gasteiger partial charge is 0.321 e. The molecule has 3 amide bonds. The third-order valence-electron chi connectivity index (χ3n) is 5.37. The number of hydrogen-bond acceptors (Lipinski definition) is 2. The first-order chi connectivity index (χ1) is 14.5. The number of aryl methyl sites for hydroxylation is 1. The summed E-state index contributed by atoms with van der Waals surface area (Å²) in [4.78, 5) is 25.9. The van der Waals surface area contributed by atoms with E-state index in [-0.39, 0.29) is 17.6 Å².